The lowest BCUT2D eigenvalue weighted by Gasteiger charge is -2.31. The Balaban J connectivity index is 1.47. The number of rotatable bonds is 8. The third-order valence-electron chi connectivity index (χ3n) is 5.07. The van der Waals surface area contributed by atoms with Gasteiger partial charge in [-0.05, 0) is 38.6 Å². The van der Waals surface area contributed by atoms with Gasteiger partial charge >= 0.3 is 0 Å². The molecule has 152 valence electrons. The number of aryl methyl sites for hydroxylation is 1. The number of benzene rings is 1. The lowest BCUT2D eigenvalue weighted by Crippen LogP contribution is -2.35. The van der Waals surface area contributed by atoms with Crippen LogP contribution in [-0.2, 0) is 11.3 Å². The molecule has 0 bridgehead atoms. The molecular weight excluding hydrogens is 358 g/mol. The lowest BCUT2D eigenvalue weighted by atomic mass is 9.93. The Morgan fingerprint density at radius 3 is 2.64 bits per heavy atom. The van der Waals surface area contributed by atoms with Gasteiger partial charge in [-0.25, -0.2) is 0 Å². The first-order valence-corrected chi connectivity index (χ1v) is 9.73. The minimum Gasteiger partial charge on any atom is -0.497 e. The Hall–Kier alpha value is -2.54. The van der Waals surface area contributed by atoms with Gasteiger partial charge in [0.1, 0.15) is 11.5 Å². The second-order valence-electron chi connectivity index (χ2n) is 7.37. The fourth-order valence-electron chi connectivity index (χ4n) is 3.68. The van der Waals surface area contributed by atoms with Crippen molar-refractivity contribution in [2.75, 3.05) is 32.6 Å². The minimum absolute atomic E-state index is 0.0123. The van der Waals surface area contributed by atoms with Crippen molar-refractivity contribution < 1.29 is 18.8 Å². The van der Waals surface area contributed by atoms with E-state index in [0.29, 0.717) is 29.5 Å². The summed E-state index contributed by atoms with van der Waals surface area (Å²) in [5.41, 5.74) is 1.60. The molecule has 1 aliphatic heterocycles. The Labute approximate surface area is 166 Å². The number of carbonyl (C=O) groups excluding carboxylic acids is 1. The van der Waals surface area contributed by atoms with Gasteiger partial charge in [0.25, 0.3) is 0 Å². The number of anilines is 1. The molecule has 1 aromatic carbocycles. The van der Waals surface area contributed by atoms with Gasteiger partial charge < -0.3 is 19.3 Å². The summed E-state index contributed by atoms with van der Waals surface area (Å²) in [4.78, 5) is 14.8. The number of aromatic nitrogens is 1. The summed E-state index contributed by atoms with van der Waals surface area (Å²) in [5.74, 6) is 2.74. The van der Waals surface area contributed by atoms with Crippen molar-refractivity contribution in [2.24, 2.45) is 5.92 Å². The molecule has 28 heavy (non-hydrogen) atoms. The van der Waals surface area contributed by atoms with Gasteiger partial charge in [-0.15, -0.1) is 0 Å². The molecule has 1 N–H and O–H groups in total. The number of methoxy groups -OCH3 is 2. The summed E-state index contributed by atoms with van der Waals surface area (Å²) < 4.78 is 15.8. The molecule has 1 aromatic heterocycles. The van der Waals surface area contributed by atoms with Gasteiger partial charge in [0, 0.05) is 42.9 Å². The highest BCUT2D eigenvalue weighted by Gasteiger charge is 2.21. The average Bonchev–Trinajstić information content (AvgIpc) is 3.11. The quantitative estimate of drug-likeness (QED) is 0.745. The van der Waals surface area contributed by atoms with Crippen LogP contribution in [0.15, 0.2) is 28.8 Å². The first-order valence-electron chi connectivity index (χ1n) is 9.73. The molecule has 0 radical (unpaired) electrons. The monoisotopic (exact) mass is 387 g/mol. The van der Waals surface area contributed by atoms with Gasteiger partial charge in [0.15, 0.2) is 5.76 Å². The predicted octanol–water partition coefficient (Wildman–Crippen LogP) is 3.63. The topological polar surface area (TPSA) is 76.8 Å². The number of hydrogen-bond donors (Lipinski definition) is 1. The molecule has 0 saturated carbocycles. The Morgan fingerprint density at radius 2 is 2.00 bits per heavy atom. The number of nitrogens with one attached hydrogen (secondary N) is 1. The number of piperidine rings is 1. The molecular formula is C21H29N3O4. The van der Waals surface area contributed by atoms with E-state index in [0.717, 1.165) is 50.4 Å². The highest BCUT2D eigenvalue weighted by atomic mass is 16.5. The van der Waals surface area contributed by atoms with Crippen molar-refractivity contribution >= 4 is 11.6 Å². The largest absolute Gasteiger partial charge is 0.497 e. The molecule has 7 heteroatoms. The van der Waals surface area contributed by atoms with Crippen molar-refractivity contribution in [3.63, 3.8) is 0 Å². The van der Waals surface area contributed by atoms with Crippen molar-refractivity contribution in [3.8, 4) is 11.5 Å². The minimum atomic E-state index is 0.0123. The molecule has 3 rings (SSSR count). The number of carbonyl (C=O) groups is 1. The van der Waals surface area contributed by atoms with Gasteiger partial charge in [-0.2, -0.15) is 0 Å². The van der Waals surface area contributed by atoms with E-state index in [1.807, 2.05) is 13.0 Å². The molecule has 1 fully saturated rings. The zero-order valence-electron chi connectivity index (χ0n) is 16.9. The smallest absolute Gasteiger partial charge is 0.224 e. The summed E-state index contributed by atoms with van der Waals surface area (Å²) in [6, 6.07) is 7.35. The molecule has 1 saturated heterocycles. The highest BCUT2D eigenvalue weighted by Crippen LogP contribution is 2.27. The number of likely N-dealkylation sites (tertiary alicyclic amines) is 1. The lowest BCUT2D eigenvalue weighted by molar-refractivity contribution is -0.116. The summed E-state index contributed by atoms with van der Waals surface area (Å²) in [6.45, 7) is 4.77. The molecule has 0 spiro atoms. The third-order valence-corrected chi connectivity index (χ3v) is 5.07. The molecule has 1 atom stereocenters. The van der Waals surface area contributed by atoms with Crippen LogP contribution in [0, 0.1) is 12.8 Å². The van der Waals surface area contributed by atoms with E-state index in [-0.39, 0.29) is 5.91 Å². The molecule has 1 aliphatic rings. The van der Waals surface area contributed by atoms with Gasteiger partial charge in [0.05, 0.1) is 26.5 Å². The van der Waals surface area contributed by atoms with Crippen LogP contribution in [0.1, 0.15) is 37.1 Å². The number of nitrogens with zero attached hydrogens (tertiary/aromatic N) is 2. The van der Waals surface area contributed by atoms with E-state index in [4.69, 9.17) is 14.0 Å². The Bertz CT molecular complexity index is 767. The molecule has 0 unspecified atom stereocenters. The van der Waals surface area contributed by atoms with E-state index in [1.54, 1.807) is 32.4 Å². The van der Waals surface area contributed by atoms with Gasteiger partial charge in [-0.3, -0.25) is 9.69 Å². The number of ether oxygens (including phenoxy) is 2. The Kier molecular flexibility index (Phi) is 6.92. The number of amides is 1. The predicted molar refractivity (Wildman–Crippen MR) is 107 cm³/mol. The average molecular weight is 387 g/mol. The second kappa shape index (κ2) is 9.59. The first kappa shape index (κ1) is 20.2. The van der Waals surface area contributed by atoms with Crippen LogP contribution < -0.4 is 14.8 Å². The fourth-order valence-corrected chi connectivity index (χ4v) is 3.68. The van der Waals surface area contributed by atoms with Crippen LogP contribution in [0.2, 0.25) is 0 Å². The van der Waals surface area contributed by atoms with E-state index in [9.17, 15) is 4.79 Å². The van der Waals surface area contributed by atoms with Crippen molar-refractivity contribution in [3.05, 3.63) is 35.7 Å². The van der Waals surface area contributed by atoms with Crippen molar-refractivity contribution in [2.45, 2.75) is 39.2 Å². The van der Waals surface area contributed by atoms with Crippen LogP contribution in [-0.4, -0.2) is 43.3 Å². The van der Waals surface area contributed by atoms with Crippen molar-refractivity contribution in [1.29, 1.82) is 0 Å². The molecule has 1 amide bonds. The maximum atomic E-state index is 12.4. The zero-order chi connectivity index (χ0) is 19.9. The summed E-state index contributed by atoms with van der Waals surface area (Å²) >= 11 is 0. The van der Waals surface area contributed by atoms with Crippen LogP contribution >= 0.6 is 0 Å². The maximum Gasteiger partial charge on any atom is 0.224 e. The van der Waals surface area contributed by atoms with E-state index in [1.165, 1.54) is 0 Å². The Morgan fingerprint density at radius 1 is 1.25 bits per heavy atom. The molecule has 2 heterocycles. The van der Waals surface area contributed by atoms with E-state index >= 15 is 0 Å². The van der Waals surface area contributed by atoms with E-state index in [2.05, 4.69) is 15.4 Å². The molecule has 0 aliphatic carbocycles. The van der Waals surface area contributed by atoms with Crippen LogP contribution in [0.5, 0.6) is 11.5 Å². The zero-order valence-corrected chi connectivity index (χ0v) is 16.9. The molecule has 7 nitrogen and oxygen atoms in total. The summed E-state index contributed by atoms with van der Waals surface area (Å²) in [7, 11) is 3.19. The van der Waals surface area contributed by atoms with Crippen LogP contribution in [0.4, 0.5) is 5.69 Å². The van der Waals surface area contributed by atoms with Crippen LogP contribution in [0.25, 0.3) is 0 Å². The second-order valence-corrected chi connectivity index (χ2v) is 7.37. The fraction of sp³-hybridized carbons (Fsp3) is 0.524. The molecule has 2 aromatic rings. The van der Waals surface area contributed by atoms with E-state index < -0.39 is 0 Å². The van der Waals surface area contributed by atoms with Crippen molar-refractivity contribution in [1.82, 2.24) is 10.1 Å². The first-order chi connectivity index (χ1) is 13.6. The number of hydrogen-bond acceptors (Lipinski definition) is 6. The highest BCUT2D eigenvalue weighted by molar-refractivity contribution is 5.91. The normalized spacial score (nSPS) is 17.3. The van der Waals surface area contributed by atoms with Gasteiger partial charge in [0.2, 0.25) is 5.91 Å². The van der Waals surface area contributed by atoms with Crippen LogP contribution in [0.3, 0.4) is 0 Å². The summed E-state index contributed by atoms with van der Waals surface area (Å²) in [6.07, 6.45) is 3.68. The van der Waals surface area contributed by atoms with Gasteiger partial charge in [-0.1, -0.05) is 5.16 Å². The maximum absolute atomic E-state index is 12.4. The third kappa shape index (κ3) is 5.73. The standard InChI is InChI=1S/C21H29N3O4/c1-15-9-20(28-23-15)14-24-8-4-5-16(13-24)6-7-21(25)22-17-10-18(26-2)12-19(11-17)27-3/h9-12,16H,4-8,13-14H2,1-3H3,(H,22,25)/t16-/m1/s1. The summed E-state index contributed by atoms with van der Waals surface area (Å²) in [5, 5.41) is 6.90. The SMILES string of the molecule is COc1cc(NC(=O)CC[C@H]2CCCN(Cc3cc(C)no3)C2)cc(OC)c1.